The molecular weight excluding hydrogens is 388 g/mol. The van der Waals surface area contributed by atoms with Gasteiger partial charge in [0.2, 0.25) is 0 Å². The molecule has 1 aromatic heterocycles. The molecule has 0 radical (unpaired) electrons. The molecule has 0 aliphatic carbocycles. The van der Waals surface area contributed by atoms with Gasteiger partial charge in [-0.05, 0) is 40.1 Å². The highest BCUT2D eigenvalue weighted by Crippen LogP contribution is 2.36. The quantitative estimate of drug-likeness (QED) is 0.575. The summed E-state index contributed by atoms with van der Waals surface area (Å²) in [4.78, 5) is 16.6. The van der Waals surface area contributed by atoms with Crippen LogP contribution in [0.15, 0.2) is 42.6 Å². The molecular formula is C20H20F3N2O2P. The van der Waals surface area contributed by atoms with E-state index in [2.05, 4.69) is 15.8 Å². The summed E-state index contributed by atoms with van der Waals surface area (Å²) in [6.07, 6.45) is -3.18. The highest BCUT2D eigenvalue weighted by molar-refractivity contribution is 7.59. The lowest BCUT2D eigenvalue weighted by Gasteiger charge is -2.16. The van der Waals surface area contributed by atoms with Crippen molar-refractivity contribution in [2.45, 2.75) is 38.0 Å². The lowest BCUT2D eigenvalue weighted by molar-refractivity contribution is -0.153. The van der Waals surface area contributed by atoms with Crippen LogP contribution in [0.2, 0.25) is 0 Å². The summed E-state index contributed by atoms with van der Waals surface area (Å²) in [7, 11) is -0.0802. The SMILES string of the molecule is CC(PC(=O)c1ccc(C(C)(C)C#N)cc1)c1ccc(OCC(F)(F)F)cn1. The van der Waals surface area contributed by atoms with E-state index >= 15 is 0 Å². The molecule has 2 rings (SSSR count). The molecule has 0 bridgehead atoms. The van der Waals surface area contributed by atoms with Crippen LogP contribution in [0.5, 0.6) is 5.75 Å². The number of carbonyl (C=O) groups is 1. The lowest BCUT2D eigenvalue weighted by Crippen LogP contribution is -2.19. The van der Waals surface area contributed by atoms with Crippen LogP contribution < -0.4 is 4.74 Å². The van der Waals surface area contributed by atoms with Gasteiger partial charge in [0.15, 0.2) is 12.1 Å². The molecule has 28 heavy (non-hydrogen) atoms. The monoisotopic (exact) mass is 408 g/mol. The van der Waals surface area contributed by atoms with E-state index in [9.17, 15) is 23.2 Å². The van der Waals surface area contributed by atoms with Crippen molar-refractivity contribution >= 4 is 14.1 Å². The van der Waals surface area contributed by atoms with Crippen LogP contribution in [0.1, 0.15) is 48.0 Å². The number of nitriles is 1. The Morgan fingerprint density at radius 2 is 1.86 bits per heavy atom. The maximum absolute atomic E-state index is 12.5. The van der Waals surface area contributed by atoms with E-state index in [1.54, 1.807) is 44.2 Å². The third kappa shape index (κ3) is 6.03. The van der Waals surface area contributed by atoms with E-state index in [0.29, 0.717) is 11.3 Å². The summed E-state index contributed by atoms with van der Waals surface area (Å²) in [5.41, 5.74) is 1.13. The highest BCUT2D eigenvalue weighted by atomic mass is 31.1. The van der Waals surface area contributed by atoms with Gasteiger partial charge >= 0.3 is 6.18 Å². The molecule has 8 heteroatoms. The molecule has 1 heterocycles. The Bertz CT molecular complexity index is 857. The fourth-order valence-corrected chi connectivity index (χ4v) is 3.40. The number of benzene rings is 1. The molecule has 148 valence electrons. The van der Waals surface area contributed by atoms with Gasteiger partial charge in [0.1, 0.15) is 5.75 Å². The molecule has 0 aliphatic rings. The van der Waals surface area contributed by atoms with Crippen molar-refractivity contribution in [1.29, 1.82) is 5.26 Å². The van der Waals surface area contributed by atoms with Crippen molar-refractivity contribution in [2.75, 3.05) is 6.61 Å². The molecule has 0 N–H and O–H groups in total. The molecule has 1 aromatic carbocycles. The average Bonchev–Trinajstić information content (AvgIpc) is 2.66. The predicted molar refractivity (Wildman–Crippen MR) is 102 cm³/mol. The van der Waals surface area contributed by atoms with E-state index < -0.39 is 18.2 Å². The van der Waals surface area contributed by atoms with E-state index in [4.69, 9.17) is 0 Å². The fraction of sp³-hybridized carbons (Fsp3) is 0.350. The Morgan fingerprint density at radius 3 is 2.36 bits per heavy atom. The predicted octanol–water partition coefficient (Wildman–Crippen LogP) is 5.40. The number of rotatable bonds is 7. The molecule has 0 saturated carbocycles. The van der Waals surface area contributed by atoms with E-state index in [1.165, 1.54) is 12.3 Å². The minimum Gasteiger partial charge on any atom is -0.483 e. The van der Waals surface area contributed by atoms with Gasteiger partial charge in [0.25, 0.3) is 0 Å². The normalized spacial score (nSPS) is 13.3. The van der Waals surface area contributed by atoms with Gasteiger partial charge in [-0.15, -0.1) is 0 Å². The van der Waals surface area contributed by atoms with Crippen LogP contribution in [0, 0.1) is 11.3 Å². The first-order chi connectivity index (χ1) is 13.0. The van der Waals surface area contributed by atoms with Crippen molar-refractivity contribution in [3.8, 4) is 11.8 Å². The number of aromatic nitrogens is 1. The number of halogens is 3. The maximum atomic E-state index is 12.5. The zero-order valence-electron chi connectivity index (χ0n) is 15.7. The lowest BCUT2D eigenvalue weighted by atomic mass is 9.86. The second-order valence-electron chi connectivity index (χ2n) is 6.83. The Kier molecular flexibility index (Phi) is 6.79. The minimum absolute atomic E-state index is 0.0265. The molecule has 2 atom stereocenters. The van der Waals surface area contributed by atoms with Gasteiger partial charge < -0.3 is 4.74 Å². The molecule has 2 unspecified atom stereocenters. The second kappa shape index (κ2) is 8.70. The van der Waals surface area contributed by atoms with Gasteiger partial charge in [0, 0.05) is 16.9 Å². The van der Waals surface area contributed by atoms with E-state index in [1.807, 2.05) is 6.92 Å². The van der Waals surface area contributed by atoms with Crippen molar-refractivity contribution in [2.24, 2.45) is 0 Å². The molecule has 2 aromatic rings. The second-order valence-corrected chi connectivity index (χ2v) is 8.44. The summed E-state index contributed by atoms with van der Waals surface area (Å²) in [6.45, 7) is 4.08. The van der Waals surface area contributed by atoms with E-state index in [0.717, 1.165) is 5.56 Å². The standard InChI is InChI=1S/C20H20F3N2O2P/c1-13(17-9-8-16(10-25-17)27-12-20(21,22)23)28-18(26)14-4-6-15(7-5-14)19(2,3)11-24/h4-10,13,28H,12H2,1-3H3. The minimum atomic E-state index is -4.40. The van der Waals surface area contributed by atoms with Gasteiger partial charge in [-0.2, -0.15) is 18.4 Å². The van der Waals surface area contributed by atoms with Gasteiger partial charge in [-0.25, -0.2) is 0 Å². The third-order valence-corrected chi connectivity index (χ3v) is 5.38. The van der Waals surface area contributed by atoms with Crippen LogP contribution in [-0.4, -0.2) is 23.3 Å². The zero-order valence-corrected chi connectivity index (χ0v) is 16.7. The van der Waals surface area contributed by atoms with Gasteiger partial charge in [-0.1, -0.05) is 31.2 Å². The van der Waals surface area contributed by atoms with Gasteiger partial charge in [0.05, 0.1) is 17.7 Å². The summed E-state index contributed by atoms with van der Waals surface area (Å²) in [5.74, 6) is 0.0265. The first kappa shape index (κ1) is 21.8. The first-order valence-corrected chi connectivity index (χ1v) is 9.58. The van der Waals surface area contributed by atoms with Crippen molar-refractivity contribution in [3.05, 3.63) is 59.4 Å². The van der Waals surface area contributed by atoms with Crippen LogP contribution in [0.4, 0.5) is 13.2 Å². The molecule has 0 saturated heterocycles. The zero-order chi connectivity index (χ0) is 20.9. The molecule has 0 spiro atoms. The van der Waals surface area contributed by atoms with Crippen molar-refractivity contribution in [1.82, 2.24) is 4.98 Å². The summed E-state index contributed by atoms with van der Waals surface area (Å²) < 4.78 is 41.1. The average molecular weight is 408 g/mol. The van der Waals surface area contributed by atoms with Crippen LogP contribution in [0.3, 0.4) is 0 Å². The van der Waals surface area contributed by atoms with Crippen LogP contribution in [-0.2, 0) is 5.41 Å². The number of nitrogens with zero attached hydrogens (tertiary/aromatic N) is 2. The Morgan fingerprint density at radius 1 is 1.21 bits per heavy atom. The third-order valence-electron chi connectivity index (χ3n) is 4.10. The molecule has 0 amide bonds. The Labute approximate surface area is 163 Å². The number of hydrogen-bond donors (Lipinski definition) is 0. The topological polar surface area (TPSA) is 63.0 Å². The maximum Gasteiger partial charge on any atom is 0.422 e. The van der Waals surface area contributed by atoms with Crippen LogP contribution >= 0.6 is 8.58 Å². The largest absolute Gasteiger partial charge is 0.483 e. The Hall–Kier alpha value is -2.45. The van der Waals surface area contributed by atoms with Crippen molar-refractivity contribution < 1.29 is 22.7 Å². The summed E-state index contributed by atoms with van der Waals surface area (Å²) in [5, 5.41) is 9.18. The van der Waals surface area contributed by atoms with Gasteiger partial charge in [-0.3, -0.25) is 9.78 Å². The number of hydrogen-bond acceptors (Lipinski definition) is 4. The smallest absolute Gasteiger partial charge is 0.422 e. The highest BCUT2D eigenvalue weighted by Gasteiger charge is 2.28. The molecule has 4 nitrogen and oxygen atoms in total. The summed E-state index contributed by atoms with van der Waals surface area (Å²) in [6, 6.07) is 12.2. The number of ether oxygens (including phenoxy) is 1. The summed E-state index contributed by atoms with van der Waals surface area (Å²) >= 11 is 0. The van der Waals surface area contributed by atoms with E-state index in [-0.39, 0.29) is 25.5 Å². The number of carbonyl (C=O) groups excluding carboxylic acids is 1. The Balaban J connectivity index is 1.99. The van der Waals surface area contributed by atoms with Crippen molar-refractivity contribution in [3.63, 3.8) is 0 Å². The first-order valence-electron chi connectivity index (χ1n) is 8.50. The fourth-order valence-electron chi connectivity index (χ4n) is 2.36. The molecule has 0 fully saturated rings. The number of alkyl halides is 3. The van der Waals surface area contributed by atoms with Crippen LogP contribution in [0.25, 0.3) is 0 Å². The number of pyridine rings is 1. The molecule has 0 aliphatic heterocycles.